The monoisotopic (exact) mass is 238 g/mol. The third-order valence-corrected chi connectivity index (χ3v) is 3.09. The Morgan fingerprint density at radius 1 is 1.53 bits per heavy atom. The van der Waals surface area contributed by atoms with Crippen molar-refractivity contribution in [2.75, 3.05) is 6.54 Å². The fourth-order valence-corrected chi connectivity index (χ4v) is 2.04. The van der Waals surface area contributed by atoms with Gasteiger partial charge in [-0.1, -0.05) is 0 Å². The number of hydrogen-bond donors (Lipinski definition) is 1. The van der Waals surface area contributed by atoms with Crippen molar-refractivity contribution < 1.29 is 9.13 Å². The third-order valence-electron chi connectivity index (χ3n) is 3.09. The highest BCUT2D eigenvalue weighted by atomic mass is 19.1. The van der Waals surface area contributed by atoms with Crippen molar-refractivity contribution in [1.29, 1.82) is 0 Å². The van der Waals surface area contributed by atoms with Gasteiger partial charge in [-0.3, -0.25) is 4.98 Å². The fraction of sp³-hybridized carbons (Fsp3) is 0.615. The van der Waals surface area contributed by atoms with Gasteiger partial charge in [0.1, 0.15) is 5.75 Å². The maximum atomic E-state index is 14.7. The Kier molecular flexibility index (Phi) is 3.33. The third kappa shape index (κ3) is 2.57. The van der Waals surface area contributed by atoms with E-state index < -0.39 is 5.67 Å². The lowest BCUT2D eigenvalue weighted by Gasteiger charge is -2.24. The smallest absolute Gasteiger partial charge is 0.152 e. The van der Waals surface area contributed by atoms with Crippen LogP contribution in [0.5, 0.6) is 5.75 Å². The number of rotatable bonds is 5. The van der Waals surface area contributed by atoms with Crippen molar-refractivity contribution in [2.24, 2.45) is 11.7 Å². The molecule has 0 amide bonds. The highest BCUT2D eigenvalue weighted by molar-refractivity contribution is 5.30. The summed E-state index contributed by atoms with van der Waals surface area (Å²) >= 11 is 0. The summed E-state index contributed by atoms with van der Waals surface area (Å²) in [5, 5.41) is 0. The summed E-state index contributed by atoms with van der Waals surface area (Å²) in [5.41, 5.74) is 4.69. The van der Waals surface area contributed by atoms with E-state index in [4.69, 9.17) is 10.5 Å². The van der Waals surface area contributed by atoms with Gasteiger partial charge in [0.15, 0.2) is 5.67 Å². The molecule has 1 atom stereocenters. The van der Waals surface area contributed by atoms with E-state index in [0.717, 1.165) is 12.8 Å². The van der Waals surface area contributed by atoms with Crippen LogP contribution >= 0.6 is 0 Å². The number of hydrogen-bond acceptors (Lipinski definition) is 3. The van der Waals surface area contributed by atoms with Gasteiger partial charge in [0.2, 0.25) is 0 Å². The molecule has 1 saturated carbocycles. The molecule has 17 heavy (non-hydrogen) atoms. The molecular formula is C13H19FN2O. The zero-order chi connectivity index (χ0) is 12.5. The quantitative estimate of drug-likeness (QED) is 0.857. The second kappa shape index (κ2) is 4.61. The van der Waals surface area contributed by atoms with Gasteiger partial charge in [-0.05, 0) is 38.7 Å². The first-order valence-electron chi connectivity index (χ1n) is 6.07. The molecule has 1 aromatic heterocycles. The molecule has 1 aromatic rings. The Bertz CT molecular complexity index is 393. The van der Waals surface area contributed by atoms with Crippen LogP contribution < -0.4 is 10.5 Å². The lowest BCUT2D eigenvalue weighted by atomic mass is 9.92. The van der Waals surface area contributed by atoms with Gasteiger partial charge in [0.05, 0.1) is 12.3 Å². The maximum Gasteiger partial charge on any atom is 0.152 e. The van der Waals surface area contributed by atoms with Gasteiger partial charge in [-0.15, -0.1) is 0 Å². The Morgan fingerprint density at radius 3 is 2.76 bits per heavy atom. The van der Waals surface area contributed by atoms with E-state index in [1.807, 2.05) is 13.8 Å². The number of halogens is 1. The topological polar surface area (TPSA) is 48.1 Å². The largest absolute Gasteiger partial charge is 0.489 e. The van der Waals surface area contributed by atoms with Crippen LogP contribution in [0.2, 0.25) is 0 Å². The predicted octanol–water partition coefficient (Wildman–Crippen LogP) is 2.40. The van der Waals surface area contributed by atoms with Crippen molar-refractivity contribution in [3.63, 3.8) is 0 Å². The summed E-state index contributed by atoms with van der Waals surface area (Å²) in [4.78, 5) is 4.04. The molecule has 0 aliphatic heterocycles. The molecule has 2 N–H and O–H groups in total. The molecule has 3 nitrogen and oxygen atoms in total. The van der Waals surface area contributed by atoms with Crippen LogP contribution in [0.3, 0.4) is 0 Å². The first-order chi connectivity index (χ1) is 8.06. The molecule has 0 saturated heterocycles. The molecule has 1 unspecified atom stereocenters. The van der Waals surface area contributed by atoms with Crippen LogP contribution in [0.15, 0.2) is 18.5 Å². The van der Waals surface area contributed by atoms with Gasteiger partial charge < -0.3 is 10.5 Å². The number of ether oxygens (including phenoxy) is 1. The van der Waals surface area contributed by atoms with Gasteiger partial charge in [0, 0.05) is 18.3 Å². The van der Waals surface area contributed by atoms with Gasteiger partial charge in [0.25, 0.3) is 0 Å². The molecular weight excluding hydrogens is 219 g/mol. The lowest BCUT2D eigenvalue weighted by molar-refractivity contribution is 0.141. The summed E-state index contributed by atoms with van der Waals surface area (Å²) in [6, 6.07) is 1.72. The van der Waals surface area contributed by atoms with E-state index >= 15 is 0 Å². The highest BCUT2D eigenvalue weighted by Gasteiger charge is 2.46. The number of alkyl halides is 1. The van der Waals surface area contributed by atoms with Crippen LogP contribution in [0, 0.1) is 5.92 Å². The van der Waals surface area contributed by atoms with Crippen LogP contribution in [0.4, 0.5) is 4.39 Å². The second-order valence-electron chi connectivity index (χ2n) is 4.92. The van der Waals surface area contributed by atoms with Crippen LogP contribution in [0.1, 0.15) is 32.3 Å². The van der Waals surface area contributed by atoms with Gasteiger partial charge in [-0.2, -0.15) is 0 Å². The molecule has 0 spiro atoms. The average Bonchev–Trinajstić information content (AvgIpc) is 3.11. The first-order valence-corrected chi connectivity index (χ1v) is 6.07. The van der Waals surface area contributed by atoms with Crippen LogP contribution in [-0.4, -0.2) is 17.6 Å². The van der Waals surface area contributed by atoms with Crippen molar-refractivity contribution in [3.05, 3.63) is 24.0 Å². The molecule has 1 aliphatic carbocycles. The maximum absolute atomic E-state index is 14.7. The molecule has 2 rings (SSSR count). The van der Waals surface area contributed by atoms with Crippen molar-refractivity contribution in [3.8, 4) is 5.75 Å². The molecule has 1 fully saturated rings. The Balaban J connectivity index is 2.25. The van der Waals surface area contributed by atoms with Crippen LogP contribution in [0.25, 0.3) is 0 Å². The van der Waals surface area contributed by atoms with Crippen molar-refractivity contribution >= 4 is 0 Å². The zero-order valence-electron chi connectivity index (χ0n) is 10.3. The Labute approximate surface area is 101 Å². The molecule has 0 aromatic carbocycles. The SMILES string of the molecule is CC(C)Oc1cncc(C(F)(CN)C2CC2)c1. The minimum atomic E-state index is -1.44. The molecule has 4 heteroatoms. The molecule has 0 bridgehead atoms. The minimum Gasteiger partial charge on any atom is -0.489 e. The predicted molar refractivity (Wildman–Crippen MR) is 64.6 cm³/mol. The average molecular weight is 238 g/mol. The van der Waals surface area contributed by atoms with E-state index in [-0.39, 0.29) is 18.6 Å². The molecule has 1 heterocycles. The summed E-state index contributed by atoms with van der Waals surface area (Å²) in [6.45, 7) is 3.86. The standard InChI is InChI=1S/C13H19FN2O/c1-9(2)17-12-5-11(6-16-7-12)13(14,8-15)10-3-4-10/h5-7,9-10H,3-4,8,15H2,1-2H3. The number of nitrogens with two attached hydrogens (primary N) is 1. The van der Waals surface area contributed by atoms with E-state index in [0.29, 0.717) is 11.3 Å². The van der Waals surface area contributed by atoms with Crippen LogP contribution in [-0.2, 0) is 5.67 Å². The summed E-state index contributed by atoms with van der Waals surface area (Å²) in [7, 11) is 0. The normalized spacial score (nSPS) is 19.1. The number of pyridine rings is 1. The summed E-state index contributed by atoms with van der Waals surface area (Å²) in [6.07, 6.45) is 5.03. The first kappa shape index (κ1) is 12.3. The highest BCUT2D eigenvalue weighted by Crippen LogP contribution is 2.48. The minimum absolute atomic E-state index is 0.00444. The Hall–Kier alpha value is -1.16. The van der Waals surface area contributed by atoms with Crippen molar-refractivity contribution in [1.82, 2.24) is 4.98 Å². The lowest BCUT2D eigenvalue weighted by Crippen LogP contribution is -2.32. The van der Waals surface area contributed by atoms with E-state index in [1.165, 1.54) is 0 Å². The van der Waals surface area contributed by atoms with Gasteiger partial charge in [-0.25, -0.2) is 4.39 Å². The fourth-order valence-electron chi connectivity index (χ4n) is 2.04. The second-order valence-corrected chi connectivity index (χ2v) is 4.92. The number of aromatic nitrogens is 1. The molecule has 0 radical (unpaired) electrons. The molecule has 1 aliphatic rings. The van der Waals surface area contributed by atoms with Gasteiger partial charge >= 0.3 is 0 Å². The zero-order valence-corrected chi connectivity index (χ0v) is 10.3. The summed E-state index contributed by atoms with van der Waals surface area (Å²) in [5.74, 6) is 0.650. The molecule has 94 valence electrons. The summed E-state index contributed by atoms with van der Waals surface area (Å²) < 4.78 is 20.3. The van der Waals surface area contributed by atoms with E-state index in [9.17, 15) is 4.39 Å². The Morgan fingerprint density at radius 2 is 2.24 bits per heavy atom. The number of nitrogens with zero attached hydrogens (tertiary/aromatic N) is 1. The van der Waals surface area contributed by atoms with Crippen molar-refractivity contribution in [2.45, 2.75) is 38.5 Å². The van der Waals surface area contributed by atoms with E-state index in [1.54, 1.807) is 18.5 Å². The van der Waals surface area contributed by atoms with E-state index in [2.05, 4.69) is 4.98 Å².